The molecule has 106 valence electrons. The zero-order chi connectivity index (χ0) is 14.7. The van der Waals surface area contributed by atoms with Crippen LogP contribution in [-0.2, 0) is 6.54 Å². The lowest BCUT2D eigenvalue weighted by atomic mass is 10.1. The van der Waals surface area contributed by atoms with Crippen LogP contribution >= 0.6 is 0 Å². The summed E-state index contributed by atoms with van der Waals surface area (Å²) >= 11 is 0. The normalized spacial score (nSPS) is 12.3. The van der Waals surface area contributed by atoms with E-state index in [-0.39, 0.29) is 12.1 Å². The van der Waals surface area contributed by atoms with Gasteiger partial charge in [0.25, 0.3) is 0 Å². The van der Waals surface area contributed by atoms with E-state index in [1.807, 2.05) is 0 Å². The summed E-state index contributed by atoms with van der Waals surface area (Å²) in [5.41, 5.74) is 0.861. The quantitative estimate of drug-likeness (QED) is 0.798. The van der Waals surface area contributed by atoms with Gasteiger partial charge in [-0.25, -0.2) is 14.4 Å². The van der Waals surface area contributed by atoms with Crippen molar-refractivity contribution in [3.8, 4) is 11.5 Å². The summed E-state index contributed by atoms with van der Waals surface area (Å²) in [6.07, 6.45) is 7.10. The van der Waals surface area contributed by atoms with E-state index in [1.54, 1.807) is 53.8 Å². The van der Waals surface area contributed by atoms with Gasteiger partial charge in [-0.2, -0.15) is 0 Å². The van der Waals surface area contributed by atoms with Crippen LogP contribution in [0.1, 0.15) is 11.7 Å². The largest absolute Gasteiger partial charge is 0.386 e. The van der Waals surface area contributed by atoms with Crippen LogP contribution in [0, 0.1) is 5.82 Å². The SMILES string of the molecule is O[C@H](Cn1ccnc1-c1cnccn1)c1ccccc1F. The van der Waals surface area contributed by atoms with Crippen molar-refractivity contribution in [1.82, 2.24) is 19.5 Å². The third-order valence-electron chi connectivity index (χ3n) is 3.14. The third kappa shape index (κ3) is 2.80. The van der Waals surface area contributed by atoms with Crippen LogP contribution in [0.2, 0.25) is 0 Å². The molecule has 0 fully saturated rings. The summed E-state index contributed by atoms with van der Waals surface area (Å²) in [5, 5.41) is 10.2. The molecule has 0 amide bonds. The Balaban J connectivity index is 1.87. The molecule has 0 saturated heterocycles. The first-order valence-electron chi connectivity index (χ1n) is 6.45. The second kappa shape index (κ2) is 5.80. The Bertz CT molecular complexity index is 729. The highest BCUT2D eigenvalue weighted by Gasteiger charge is 2.15. The van der Waals surface area contributed by atoms with Gasteiger partial charge in [-0.05, 0) is 6.07 Å². The molecule has 21 heavy (non-hydrogen) atoms. The maximum atomic E-state index is 13.7. The van der Waals surface area contributed by atoms with E-state index in [9.17, 15) is 9.50 Å². The number of benzene rings is 1. The molecular formula is C15H13FN4O. The Labute approximate surface area is 120 Å². The average Bonchev–Trinajstić information content (AvgIpc) is 2.96. The molecule has 3 aromatic rings. The molecule has 1 aromatic carbocycles. The molecule has 0 spiro atoms. The van der Waals surface area contributed by atoms with E-state index >= 15 is 0 Å². The molecule has 3 rings (SSSR count). The van der Waals surface area contributed by atoms with Gasteiger partial charge >= 0.3 is 0 Å². The summed E-state index contributed by atoms with van der Waals surface area (Å²) in [7, 11) is 0. The van der Waals surface area contributed by atoms with Crippen molar-refractivity contribution in [2.24, 2.45) is 0 Å². The van der Waals surface area contributed by atoms with Crippen LogP contribution in [0.25, 0.3) is 11.5 Å². The molecule has 0 radical (unpaired) electrons. The Morgan fingerprint density at radius 3 is 2.76 bits per heavy atom. The van der Waals surface area contributed by atoms with Gasteiger partial charge < -0.3 is 9.67 Å². The summed E-state index contributed by atoms with van der Waals surface area (Å²) in [6, 6.07) is 6.18. The minimum Gasteiger partial charge on any atom is -0.386 e. The fourth-order valence-electron chi connectivity index (χ4n) is 2.13. The Kier molecular flexibility index (Phi) is 3.70. The highest BCUT2D eigenvalue weighted by molar-refractivity contribution is 5.47. The first-order valence-corrected chi connectivity index (χ1v) is 6.45. The average molecular weight is 284 g/mol. The number of imidazole rings is 1. The predicted octanol–water partition coefficient (Wildman–Crippen LogP) is 2.21. The van der Waals surface area contributed by atoms with Crippen LogP contribution in [0.5, 0.6) is 0 Å². The van der Waals surface area contributed by atoms with Crippen molar-refractivity contribution in [2.75, 3.05) is 0 Å². The first kappa shape index (κ1) is 13.4. The minimum atomic E-state index is -0.962. The van der Waals surface area contributed by atoms with E-state index in [0.717, 1.165) is 0 Å². The Morgan fingerprint density at radius 1 is 1.14 bits per heavy atom. The zero-order valence-corrected chi connectivity index (χ0v) is 11.1. The van der Waals surface area contributed by atoms with Crippen molar-refractivity contribution >= 4 is 0 Å². The van der Waals surface area contributed by atoms with Crippen LogP contribution in [0.15, 0.2) is 55.2 Å². The summed E-state index contributed by atoms with van der Waals surface area (Å²) in [6.45, 7) is 0.187. The third-order valence-corrected chi connectivity index (χ3v) is 3.14. The number of aliphatic hydroxyl groups is 1. The monoisotopic (exact) mass is 284 g/mol. The molecule has 5 nitrogen and oxygen atoms in total. The molecule has 0 unspecified atom stereocenters. The van der Waals surface area contributed by atoms with Gasteiger partial charge in [-0.3, -0.25) is 4.98 Å². The van der Waals surface area contributed by atoms with Crippen LogP contribution in [0.3, 0.4) is 0 Å². The second-order valence-electron chi connectivity index (χ2n) is 4.53. The van der Waals surface area contributed by atoms with Gasteiger partial charge in [0.1, 0.15) is 11.5 Å². The summed E-state index contributed by atoms with van der Waals surface area (Å²) in [4.78, 5) is 12.4. The molecule has 0 aliphatic carbocycles. The first-order chi connectivity index (χ1) is 10.3. The molecule has 6 heteroatoms. The van der Waals surface area contributed by atoms with Gasteiger partial charge in [0.05, 0.1) is 18.8 Å². The lowest BCUT2D eigenvalue weighted by molar-refractivity contribution is 0.152. The van der Waals surface area contributed by atoms with Crippen molar-refractivity contribution in [1.29, 1.82) is 0 Å². The van der Waals surface area contributed by atoms with E-state index in [1.165, 1.54) is 6.07 Å². The summed E-state index contributed by atoms with van der Waals surface area (Å²) < 4.78 is 15.4. The van der Waals surface area contributed by atoms with Crippen molar-refractivity contribution in [3.63, 3.8) is 0 Å². The van der Waals surface area contributed by atoms with E-state index in [0.29, 0.717) is 11.5 Å². The highest BCUT2D eigenvalue weighted by Crippen LogP contribution is 2.21. The number of halogens is 1. The lowest BCUT2D eigenvalue weighted by Gasteiger charge is -2.14. The fourth-order valence-corrected chi connectivity index (χ4v) is 2.13. The standard InChI is InChI=1S/C15H13FN4O/c16-12-4-2-1-3-11(12)14(21)10-20-8-7-19-15(20)13-9-17-5-6-18-13/h1-9,14,21H,10H2/t14-/m1/s1. The van der Waals surface area contributed by atoms with Gasteiger partial charge in [-0.1, -0.05) is 18.2 Å². The number of rotatable bonds is 4. The Morgan fingerprint density at radius 2 is 2.00 bits per heavy atom. The maximum Gasteiger partial charge on any atom is 0.160 e. The summed E-state index contributed by atoms with van der Waals surface area (Å²) in [5.74, 6) is 0.157. The van der Waals surface area contributed by atoms with Gasteiger partial charge in [0.15, 0.2) is 5.82 Å². The molecular weight excluding hydrogens is 271 g/mol. The van der Waals surface area contributed by atoms with Crippen molar-refractivity contribution in [2.45, 2.75) is 12.6 Å². The molecule has 0 aliphatic heterocycles. The van der Waals surface area contributed by atoms with Crippen molar-refractivity contribution in [3.05, 3.63) is 66.6 Å². The predicted molar refractivity (Wildman–Crippen MR) is 74.6 cm³/mol. The van der Waals surface area contributed by atoms with Gasteiger partial charge in [-0.15, -0.1) is 0 Å². The maximum absolute atomic E-state index is 13.7. The number of hydrogen-bond acceptors (Lipinski definition) is 4. The van der Waals surface area contributed by atoms with E-state index in [4.69, 9.17) is 0 Å². The van der Waals surface area contributed by atoms with E-state index in [2.05, 4.69) is 15.0 Å². The molecule has 0 aliphatic rings. The van der Waals surface area contributed by atoms with E-state index < -0.39 is 11.9 Å². The van der Waals surface area contributed by atoms with Gasteiger partial charge in [0.2, 0.25) is 0 Å². The molecule has 0 saturated carbocycles. The minimum absolute atomic E-state index is 0.187. The molecule has 1 N–H and O–H groups in total. The molecule has 2 heterocycles. The fraction of sp³-hybridized carbons (Fsp3) is 0.133. The lowest BCUT2D eigenvalue weighted by Crippen LogP contribution is -2.11. The zero-order valence-electron chi connectivity index (χ0n) is 11.1. The molecule has 1 atom stereocenters. The van der Waals surface area contributed by atoms with Crippen molar-refractivity contribution < 1.29 is 9.50 Å². The second-order valence-corrected chi connectivity index (χ2v) is 4.53. The smallest absolute Gasteiger partial charge is 0.160 e. The Hall–Kier alpha value is -2.60. The van der Waals surface area contributed by atoms with Crippen LogP contribution in [-0.4, -0.2) is 24.6 Å². The van der Waals surface area contributed by atoms with Crippen LogP contribution in [0.4, 0.5) is 4.39 Å². The van der Waals surface area contributed by atoms with Crippen LogP contribution < -0.4 is 0 Å². The topological polar surface area (TPSA) is 63.8 Å². The number of hydrogen-bond donors (Lipinski definition) is 1. The number of aliphatic hydroxyl groups excluding tert-OH is 1. The van der Waals surface area contributed by atoms with Gasteiger partial charge in [0, 0.05) is 30.4 Å². The number of nitrogens with zero attached hydrogens (tertiary/aromatic N) is 4. The highest BCUT2D eigenvalue weighted by atomic mass is 19.1. The molecule has 2 aromatic heterocycles. The number of aromatic nitrogens is 4. The molecule has 0 bridgehead atoms.